The van der Waals surface area contributed by atoms with Crippen LogP contribution in [0.1, 0.15) is 11.6 Å². The minimum Gasteiger partial charge on any atom is -0.497 e. The topological polar surface area (TPSA) is 97.0 Å². The third-order valence-corrected chi connectivity index (χ3v) is 5.87. The number of hydrogen-bond donors (Lipinski definition) is 2. The highest BCUT2D eigenvalue weighted by molar-refractivity contribution is 7.98. The second-order valence-corrected chi connectivity index (χ2v) is 7.83. The summed E-state index contributed by atoms with van der Waals surface area (Å²) >= 11 is 1.60. The largest absolute Gasteiger partial charge is 0.497 e. The van der Waals surface area contributed by atoms with Crippen LogP contribution in [0.3, 0.4) is 0 Å². The van der Waals surface area contributed by atoms with Crippen LogP contribution in [0.5, 0.6) is 5.75 Å². The average molecular weight is 439 g/mol. The summed E-state index contributed by atoms with van der Waals surface area (Å²) in [7, 11) is 1.56. The van der Waals surface area contributed by atoms with Gasteiger partial charge in [0.2, 0.25) is 5.91 Å². The molecular formula is C22H21N3O5S. The highest BCUT2D eigenvalue weighted by atomic mass is 32.2. The first-order valence-electron chi connectivity index (χ1n) is 9.56. The number of nitrogens with one attached hydrogen (secondary N) is 2. The molecule has 2 N–H and O–H groups in total. The lowest BCUT2D eigenvalue weighted by molar-refractivity contribution is -0.136. The van der Waals surface area contributed by atoms with Crippen molar-refractivity contribution < 1.29 is 23.9 Å². The van der Waals surface area contributed by atoms with Crippen LogP contribution in [0.2, 0.25) is 0 Å². The maximum absolute atomic E-state index is 12.8. The molecule has 3 amide bonds. The molecule has 4 rings (SSSR count). The van der Waals surface area contributed by atoms with Crippen LogP contribution in [-0.2, 0) is 14.3 Å². The molecule has 8 nitrogen and oxygen atoms in total. The van der Waals surface area contributed by atoms with Crippen LogP contribution >= 0.6 is 11.8 Å². The monoisotopic (exact) mass is 439 g/mol. The number of anilines is 1. The fourth-order valence-corrected chi connectivity index (χ4v) is 3.95. The van der Waals surface area contributed by atoms with Gasteiger partial charge in [-0.2, -0.15) is 0 Å². The average Bonchev–Trinajstić information content (AvgIpc) is 3.17. The smallest absolute Gasteiger partial charge is 0.338 e. The summed E-state index contributed by atoms with van der Waals surface area (Å²) < 4.78 is 10.3. The van der Waals surface area contributed by atoms with Gasteiger partial charge in [0.25, 0.3) is 0 Å². The summed E-state index contributed by atoms with van der Waals surface area (Å²) in [6, 6.07) is 13.4. The number of methoxy groups -OCH3 is 1. The maximum Gasteiger partial charge on any atom is 0.338 e. The Morgan fingerprint density at radius 1 is 1.19 bits per heavy atom. The van der Waals surface area contributed by atoms with Gasteiger partial charge in [-0.15, -0.1) is 11.8 Å². The van der Waals surface area contributed by atoms with Gasteiger partial charge in [0.05, 0.1) is 24.4 Å². The fourth-order valence-electron chi connectivity index (χ4n) is 3.54. The van der Waals surface area contributed by atoms with Gasteiger partial charge in [0, 0.05) is 10.6 Å². The minimum atomic E-state index is -0.616. The van der Waals surface area contributed by atoms with E-state index in [-0.39, 0.29) is 13.2 Å². The molecule has 0 bridgehead atoms. The third kappa shape index (κ3) is 4.22. The van der Waals surface area contributed by atoms with Crippen molar-refractivity contribution in [2.24, 2.45) is 0 Å². The van der Waals surface area contributed by atoms with Gasteiger partial charge in [0.1, 0.15) is 18.9 Å². The number of urea groups is 1. The molecule has 0 saturated carbocycles. The molecule has 0 radical (unpaired) electrons. The van der Waals surface area contributed by atoms with Crippen molar-refractivity contribution in [3.05, 3.63) is 65.4 Å². The predicted octanol–water partition coefficient (Wildman–Crippen LogP) is 2.93. The Kier molecular flexibility index (Phi) is 5.85. The van der Waals surface area contributed by atoms with E-state index in [1.807, 2.05) is 30.5 Å². The number of benzene rings is 2. The first kappa shape index (κ1) is 20.8. The molecule has 0 saturated heterocycles. The van der Waals surface area contributed by atoms with Crippen LogP contribution in [0.15, 0.2) is 64.7 Å². The number of cyclic esters (lactones) is 1. The van der Waals surface area contributed by atoms with E-state index in [2.05, 4.69) is 10.6 Å². The fraction of sp³-hybridized carbons (Fsp3) is 0.227. The summed E-state index contributed by atoms with van der Waals surface area (Å²) in [6.45, 7) is -0.289. The van der Waals surface area contributed by atoms with Crippen molar-refractivity contribution in [1.29, 1.82) is 0 Å². The summed E-state index contributed by atoms with van der Waals surface area (Å²) in [5.74, 6) is -0.217. The first-order chi connectivity index (χ1) is 15.0. The van der Waals surface area contributed by atoms with E-state index >= 15 is 0 Å². The Labute approximate surface area is 183 Å². The summed E-state index contributed by atoms with van der Waals surface area (Å²) in [4.78, 5) is 40.2. The number of carbonyl (C=O) groups is 3. The van der Waals surface area contributed by atoms with Gasteiger partial charge in [-0.05, 0) is 48.2 Å². The predicted molar refractivity (Wildman–Crippen MR) is 116 cm³/mol. The number of carbonyl (C=O) groups excluding carboxylic acids is 3. The molecule has 160 valence electrons. The van der Waals surface area contributed by atoms with Crippen LogP contribution < -0.4 is 15.4 Å². The van der Waals surface area contributed by atoms with E-state index in [9.17, 15) is 14.4 Å². The van der Waals surface area contributed by atoms with Gasteiger partial charge in [-0.25, -0.2) is 9.59 Å². The zero-order chi connectivity index (χ0) is 22.0. The number of nitrogens with zero attached hydrogens (tertiary/aromatic N) is 1. The third-order valence-electron chi connectivity index (χ3n) is 5.12. The molecule has 1 atom stereocenters. The van der Waals surface area contributed by atoms with E-state index in [0.717, 1.165) is 10.5 Å². The Bertz CT molecular complexity index is 1050. The molecule has 0 aromatic heterocycles. The highest BCUT2D eigenvalue weighted by Gasteiger charge is 2.42. The number of hydrogen-bond acceptors (Lipinski definition) is 6. The number of rotatable bonds is 6. The molecule has 9 heteroatoms. The van der Waals surface area contributed by atoms with Crippen LogP contribution in [0, 0.1) is 0 Å². The summed E-state index contributed by atoms with van der Waals surface area (Å²) in [6.07, 6.45) is 1.97. The SMILES string of the molecule is COc1ccc(NC(=O)CN2C(=O)N[C@@H](c3ccc(SC)cc3)C3=C2COC3=O)cc1. The molecule has 2 aromatic rings. The quantitative estimate of drug-likeness (QED) is 0.531. The Hall–Kier alpha value is -3.46. The van der Waals surface area contributed by atoms with Crippen molar-refractivity contribution in [2.45, 2.75) is 10.9 Å². The molecule has 0 aliphatic carbocycles. The second kappa shape index (κ2) is 8.73. The number of thioether (sulfide) groups is 1. The second-order valence-electron chi connectivity index (χ2n) is 6.95. The van der Waals surface area contributed by atoms with Gasteiger partial charge < -0.3 is 20.1 Å². The molecule has 2 aromatic carbocycles. The van der Waals surface area contributed by atoms with Crippen molar-refractivity contribution in [1.82, 2.24) is 10.2 Å². The first-order valence-corrected chi connectivity index (χ1v) is 10.8. The Morgan fingerprint density at radius 2 is 1.90 bits per heavy atom. The Balaban J connectivity index is 1.55. The molecule has 31 heavy (non-hydrogen) atoms. The van der Waals surface area contributed by atoms with Crippen molar-refractivity contribution in [3.8, 4) is 5.75 Å². The van der Waals surface area contributed by atoms with Crippen LogP contribution in [0.4, 0.5) is 10.5 Å². The number of ether oxygens (including phenoxy) is 2. The highest BCUT2D eigenvalue weighted by Crippen LogP contribution is 2.35. The standard InChI is InChI=1S/C22H21N3O5S/c1-29-15-7-5-14(6-8-15)23-18(26)11-25-17-12-30-21(27)19(17)20(24-22(25)28)13-3-9-16(31-2)10-4-13/h3-10,20H,11-12H2,1-2H3,(H,23,26)(H,24,28)/t20-/m0/s1. The lowest BCUT2D eigenvalue weighted by Gasteiger charge is -2.32. The minimum absolute atomic E-state index is 0.0448. The number of esters is 1. The maximum atomic E-state index is 12.8. The van der Waals surface area contributed by atoms with Crippen molar-refractivity contribution in [2.75, 3.05) is 31.8 Å². The van der Waals surface area contributed by atoms with E-state index in [4.69, 9.17) is 9.47 Å². The molecule has 0 fully saturated rings. The molecular weight excluding hydrogens is 418 g/mol. The summed E-state index contributed by atoms with van der Waals surface area (Å²) in [5, 5.41) is 5.57. The number of amides is 3. The Morgan fingerprint density at radius 3 is 2.55 bits per heavy atom. The van der Waals surface area contributed by atoms with E-state index < -0.39 is 23.9 Å². The van der Waals surface area contributed by atoms with E-state index in [1.54, 1.807) is 43.1 Å². The van der Waals surface area contributed by atoms with Crippen molar-refractivity contribution in [3.63, 3.8) is 0 Å². The summed E-state index contributed by atoms with van der Waals surface area (Å²) in [5.41, 5.74) is 2.12. The molecule has 2 aliphatic heterocycles. The van der Waals surface area contributed by atoms with E-state index in [1.165, 1.54) is 4.90 Å². The zero-order valence-corrected chi connectivity index (χ0v) is 17.8. The normalized spacial score (nSPS) is 17.7. The zero-order valence-electron chi connectivity index (χ0n) is 17.0. The van der Waals surface area contributed by atoms with Gasteiger partial charge >= 0.3 is 12.0 Å². The van der Waals surface area contributed by atoms with Crippen LogP contribution in [0.25, 0.3) is 0 Å². The van der Waals surface area contributed by atoms with Gasteiger partial charge in [0.15, 0.2) is 0 Å². The lowest BCUT2D eigenvalue weighted by atomic mass is 9.96. The van der Waals surface area contributed by atoms with E-state index in [0.29, 0.717) is 22.7 Å². The van der Waals surface area contributed by atoms with Crippen molar-refractivity contribution >= 4 is 35.4 Å². The van der Waals surface area contributed by atoms with Gasteiger partial charge in [-0.1, -0.05) is 12.1 Å². The molecule has 2 heterocycles. The van der Waals surface area contributed by atoms with Crippen LogP contribution in [-0.4, -0.2) is 49.3 Å². The molecule has 0 spiro atoms. The van der Waals surface area contributed by atoms with Gasteiger partial charge in [-0.3, -0.25) is 9.69 Å². The molecule has 2 aliphatic rings. The molecule has 0 unspecified atom stereocenters. The lowest BCUT2D eigenvalue weighted by Crippen LogP contribution is -2.49.